The fourth-order valence-electron chi connectivity index (χ4n) is 4.48. The second-order valence-electron chi connectivity index (χ2n) is 11.0. The molecule has 2 aromatic rings. The molecule has 0 unspecified atom stereocenters. The monoisotopic (exact) mass is 565 g/mol. The van der Waals surface area contributed by atoms with Gasteiger partial charge in [-0.15, -0.1) is 0 Å². The highest BCUT2D eigenvalue weighted by Crippen LogP contribution is 2.20. The van der Waals surface area contributed by atoms with Gasteiger partial charge in [-0.25, -0.2) is 0 Å². The van der Waals surface area contributed by atoms with Crippen LogP contribution in [0.25, 0.3) is 0 Å². The Morgan fingerprint density at radius 1 is 1.05 bits per heavy atom. The van der Waals surface area contributed by atoms with Crippen molar-refractivity contribution >= 4 is 23.6 Å². The summed E-state index contributed by atoms with van der Waals surface area (Å²) in [5.74, 6) is -1.02. The van der Waals surface area contributed by atoms with Gasteiger partial charge in [-0.1, -0.05) is 56.3 Å². The topological polar surface area (TPSA) is 120 Å². The Morgan fingerprint density at radius 2 is 1.76 bits per heavy atom. The van der Waals surface area contributed by atoms with Gasteiger partial charge in [0.1, 0.15) is 18.4 Å². The minimum Gasteiger partial charge on any atom is -0.491 e. The zero-order chi connectivity index (χ0) is 29.8. The standard InChI is InChI=1S/C31H43N5O5/c1-22(2)26-21-41-27-14-9-8-13-24(27)30(39)34-25(31(40)32-17-10-18-35(3)4)15-16-29(38)36(20-28(37)33-26)19-23-11-6-5-7-12-23/h5-9,11-14,22,25-26H,10,15-21H2,1-4H3,(H,32,40)(H,33,37)(H,34,39)/t25-,26+/m0/s1. The van der Waals surface area contributed by atoms with Crippen LogP contribution in [0.3, 0.4) is 0 Å². The molecule has 1 aliphatic rings. The van der Waals surface area contributed by atoms with Crippen LogP contribution in [0.2, 0.25) is 0 Å². The van der Waals surface area contributed by atoms with Crippen LogP contribution in [-0.2, 0) is 20.9 Å². The summed E-state index contributed by atoms with van der Waals surface area (Å²) in [7, 11) is 3.91. The van der Waals surface area contributed by atoms with Crippen molar-refractivity contribution in [2.24, 2.45) is 5.92 Å². The van der Waals surface area contributed by atoms with Crippen molar-refractivity contribution in [2.75, 3.05) is 40.3 Å². The van der Waals surface area contributed by atoms with E-state index in [0.29, 0.717) is 12.3 Å². The van der Waals surface area contributed by atoms with E-state index >= 15 is 0 Å². The van der Waals surface area contributed by atoms with Crippen LogP contribution in [0.5, 0.6) is 5.75 Å². The molecule has 1 aliphatic heterocycles. The van der Waals surface area contributed by atoms with Crippen molar-refractivity contribution < 1.29 is 23.9 Å². The summed E-state index contributed by atoms with van der Waals surface area (Å²) in [5.41, 5.74) is 1.16. The fourth-order valence-corrected chi connectivity index (χ4v) is 4.48. The molecule has 10 nitrogen and oxygen atoms in total. The van der Waals surface area contributed by atoms with Gasteiger partial charge in [0.25, 0.3) is 5.91 Å². The van der Waals surface area contributed by atoms with Crippen LogP contribution in [0.15, 0.2) is 54.6 Å². The van der Waals surface area contributed by atoms with Gasteiger partial charge in [-0.2, -0.15) is 0 Å². The SMILES string of the molecule is CC(C)[C@H]1COc2ccccc2C(=O)N[C@H](C(=O)NCCCN(C)C)CCC(=O)N(Cc2ccccc2)CC(=O)N1. The number of hydrogen-bond acceptors (Lipinski definition) is 6. The van der Waals surface area contributed by atoms with Crippen LogP contribution < -0.4 is 20.7 Å². The average Bonchev–Trinajstić information content (AvgIpc) is 2.95. The number of fused-ring (bicyclic) bond motifs is 1. The molecule has 0 aliphatic carbocycles. The van der Waals surface area contributed by atoms with Gasteiger partial charge < -0.3 is 30.5 Å². The molecule has 0 fully saturated rings. The highest BCUT2D eigenvalue weighted by Gasteiger charge is 2.27. The van der Waals surface area contributed by atoms with Crippen molar-refractivity contribution in [1.29, 1.82) is 0 Å². The first-order chi connectivity index (χ1) is 19.6. The molecule has 0 saturated carbocycles. The minimum atomic E-state index is -0.945. The summed E-state index contributed by atoms with van der Waals surface area (Å²) < 4.78 is 6.04. The van der Waals surface area contributed by atoms with Gasteiger partial charge >= 0.3 is 0 Å². The van der Waals surface area contributed by atoms with Crippen LogP contribution in [0.1, 0.15) is 49.0 Å². The number of nitrogens with one attached hydrogen (secondary N) is 3. The maximum Gasteiger partial charge on any atom is 0.255 e. The van der Waals surface area contributed by atoms with E-state index in [4.69, 9.17) is 4.74 Å². The zero-order valence-electron chi connectivity index (χ0n) is 24.5. The molecular weight excluding hydrogens is 522 g/mol. The molecule has 2 atom stereocenters. The number of amides is 4. The smallest absolute Gasteiger partial charge is 0.255 e. The first kappa shape index (κ1) is 31.6. The summed E-state index contributed by atoms with van der Waals surface area (Å²) in [6.07, 6.45) is 0.794. The van der Waals surface area contributed by atoms with E-state index in [1.165, 1.54) is 4.90 Å². The third-order valence-corrected chi connectivity index (χ3v) is 6.95. The lowest BCUT2D eigenvalue weighted by molar-refractivity contribution is -0.137. The molecule has 0 aromatic heterocycles. The predicted molar refractivity (Wildman–Crippen MR) is 157 cm³/mol. The fraction of sp³-hybridized carbons (Fsp3) is 0.484. The lowest BCUT2D eigenvalue weighted by Crippen LogP contribution is -2.48. The third kappa shape index (κ3) is 10.2. The minimum absolute atomic E-state index is 0.0259. The van der Waals surface area contributed by atoms with Gasteiger partial charge in [-0.05, 0) is 57.1 Å². The van der Waals surface area contributed by atoms with E-state index in [0.717, 1.165) is 18.5 Å². The third-order valence-electron chi connectivity index (χ3n) is 6.95. The van der Waals surface area contributed by atoms with E-state index in [-0.39, 0.29) is 67.8 Å². The summed E-state index contributed by atoms with van der Waals surface area (Å²) in [6.45, 7) is 5.42. The number of hydrogen-bond donors (Lipinski definition) is 3. The van der Waals surface area contributed by atoms with E-state index in [1.54, 1.807) is 24.3 Å². The zero-order valence-corrected chi connectivity index (χ0v) is 24.5. The lowest BCUT2D eigenvalue weighted by atomic mass is 10.1. The molecular formula is C31H43N5O5. The highest BCUT2D eigenvalue weighted by molar-refractivity contribution is 5.99. The van der Waals surface area contributed by atoms with Crippen molar-refractivity contribution in [3.8, 4) is 5.75 Å². The normalized spacial score (nSPS) is 19.0. The molecule has 222 valence electrons. The molecule has 0 spiro atoms. The second kappa shape index (κ2) is 15.8. The van der Waals surface area contributed by atoms with Gasteiger partial charge in [0.15, 0.2) is 0 Å². The van der Waals surface area contributed by atoms with E-state index in [2.05, 4.69) is 16.0 Å². The number of benzene rings is 2. The van der Waals surface area contributed by atoms with E-state index in [9.17, 15) is 19.2 Å². The molecule has 0 saturated heterocycles. The Hall–Kier alpha value is -3.92. The quantitative estimate of drug-likeness (QED) is 0.422. The van der Waals surface area contributed by atoms with Crippen LogP contribution in [0.4, 0.5) is 0 Å². The molecule has 41 heavy (non-hydrogen) atoms. The average molecular weight is 566 g/mol. The summed E-state index contributed by atoms with van der Waals surface area (Å²) in [6, 6.07) is 14.9. The maximum absolute atomic E-state index is 13.5. The molecule has 4 amide bonds. The first-order valence-electron chi connectivity index (χ1n) is 14.2. The molecule has 0 bridgehead atoms. The van der Waals surface area contributed by atoms with E-state index < -0.39 is 11.9 Å². The molecule has 1 heterocycles. The van der Waals surface area contributed by atoms with Crippen LogP contribution in [-0.4, -0.2) is 85.8 Å². The van der Waals surface area contributed by atoms with Crippen LogP contribution in [0, 0.1) is 5.92 Å². The Bertz CT molecular complexity index is 1170. The summed E-state index contributed by atoms with van der Waals surface area (Å²) >= 11 is 0. The lowest BCUT2D eigenvalue weighted by Gasteiger charge is -2.26. The highest BCUT2D eigenvalue weighted by atomic mass is 16.5. The van der Waals surface area contributed by atoms with Crippen molar-refractivity contribution in [3.63, 3.8) is 0 Å². The van der Waals surface area contributed by atoms with Gasteiger partial charge in [-0.3, -0.25) is 19.2 Å². The van der Waals surface area contributed by atoms with E-state index in [1.807, 2.05) is 63.2 Å². The van der Waals surface area contributed by atoms with Crippen molar-refractivity contribution in [3.05, 3.63) is 65.7 Å². The Kier molecular flexibility index (Phi) is 12.1. The van der Waals surface area contributed by atoms with Gasteiger partial charge in [0, 0.05) is 19.5 Å². The van der Waals surface area contributed by atoms with Crippen molar-refractivity contribution in [1.82, 2.24) is 25.8 Å². The first-order valence-corrected chi connectivity index (χ1v) is 14.2. The molecule has 3 rings (SSSR count). The number of nitrogens with zero attached hydrogens (tertiary/aromatic N) is 2. The second-order valence-corrected chi connectivity index (χ2v) is 11.0. The molecule has 2 aromatic carbocycles. The Morgan fingerprint density at radius 3 is 2.46 bits per heavy atom. The number of ether oxygens (including phenoxy) is 1. The summed E-state index contributed by atoms with van der Waals surface area (Å²) in [5, 5.41) is 8.71. The number of carbonyl (C=O) groups excluding carboxylic acids is 4. The summed E-state index contributed by atoms with van der Waals surface area (Å²) in [4.78, 5) is 56.7. The van der Waals surface area contributed by atoms with Crippen LogP contribution >= 0.6 is 0 Å². The number of rotatable bonds is 8. The number of para-hydroxylation sites is 1. The van der Waals surface area contributed by atoms with Gasteiger partial charge in [0.05, 0.1) is 18.2 Å². The Balaban J connectivity index is 1.88. The molecule has 3 N–H and O–H groups in total. The molecule has 10 heteroatoms. The van der Waals surface area contributed by atoms with Crippen molar-refractivity contribution in [2.45, 2.75) is 51.7 Å². The Labute approximate surface area is 242 Å². The largest absolute Gasteiger partial charge is 0.491 e. The maximum atomic E-state index is 13.5. The predicted octanol–water partition coefficient (Wildman–Crippen LogP) is 2.20. The number of carbonyl (C=O) groups is 4. The molecule has 0 radical (unpaired) electrons. The van der Waals surface area contributed by atoms with Gasteiger partial charge in [0.2, 0.25) is 17.7 Å².